The molecule has 0 fully saturated rings. The number of hydrogen-bond acceptors (Lipinski definition) is 2. The molecule has 84 valence electrons. The van der Waals surface area contributed by atoms with Crippen LogP contribution in [0.25, 0.3) is 0 Å². The predicted molar refractivity (Wildman–Crippen MR) is 61.4 cm³/mol. The molecule has 0 rings (SSSR count). The van der Waals surface area contributed by atoms with Gasteiger partial charge in [-0.1, -0.05) is 27.7 Å². The van der Waals surface area contributed by atoms with Gasteiger partial charge < -0.3 is 5.32 Å². The molecule has 2 heteroatoms. The zero-order valence-electron chi connectivity index (χ0n) is 10.6. The highest BCUT2D eigenvalue weighted by molar-refractivity contribution is 5.85. The lowest BCUT2D eigenvalue weighted by Crippen LogP contribution is -2.52. The molecule has 2 nitrogen and oxygen atoms in total. The van der Waals surface area contributed by atoms with Crippen molar-refractivity contribution in [2.75, 3.05) is 0 Å². The van der Waals surface area contributed by atoms with Crippen LogP contribution in [-0.4, -0.2) is 17.4 Å². The largest absolute Gasteiger partial charge is 0.302 e. The maximum absolute atomic E-state index is 11.7. The van der Waals surface area contributed by atoms with Gasteiger partial charge in [0, 0.05) is 11.5 Å². The van der Waals surface area contributed by atoms with Gasteiger partial charge in [-0.3, -0.25) is 4.79 Å². The van der Waals surface area contributed by atoms with Gasteiger partial charge in [0.15, 0.2) is 5.78 Å². The third-order valence-electron chi connectivity index (χ3n) is 3.03. The zero-order valence-corrected chi connectivity index (χ0v) is 10.6. The van der Waals surface area contributed by atoms with Crippen LogP contribution in [0.3, 0.4) is 0 Å². The fourth-order valence-electron chi connectivity index (χ4n) is 1.30. The van der Waals surface area contributed by atoms with Crippen molar-refractivity contribution >= 4 is 5.78 Å². The fraction of sp³-hybridized carbons (Fsp3) is 0.917. The van der Waals surface area contributed by atoms with Crippen LogP contribution in [0, 0.1) is 11.8 Å². The molecule has 0 saturated carbocycles. The van der Waals surface area contributed by atoms with Crippen LogP contribution in [0.1, 0.15) is 48.5 Å². The highest BCUT2D eigenvalue weighted by atomic mass is 16.1. The van der Waals surface area contributed by atoms with Crippen LogP contribution >= 0.6 is 0 Å². The van der Waals surface area contributed by atoms with Crippen molar-refractivity contribution < 1.29 is 4.79 Å². The van der Waals surface area contributed by atoms with Crippen LogP contribution in [0.15, 0.2) is 0 Å². The van der Waals surface area contributed by atoms with Crippen LogP contribution in [-0.2, 0) is 4.79 Å². The lowest BCUT2D eigenvalue weighted by molar-refractivity contribution is -0.124. The number of hydrogen-bond donors (Lipinski definition) is 1. The summed E-state index contributed by atoms with van der Waals surface area (Å²) in [4.78, 5) is 11.7. The number of nitrogens with one attached hydrogen (secondary N) is 1. The van der Waals surface area contributed by atoms with Crippen LogP contribution < -0.4 is 5.32 Å². The second-order valence-electron chi connectivity index (χ2n) is 5.30. The smallest absolute Gasteiger partial charge is 0.151 e. The maximum Gasteiger partial charge on any atom is 0.151 e. The molecule has 14 heavy (non-hydrogen) atoms. The third-order valence-corrected chi connectivity index (χ3v) is 3.03. The summed E-state index contributed by atoms with van der Waals surface area (Å²) in [7, 11) is 0. The van der Waals surface area contributed by atoms with Gasteiger partial charge >= 0.3 is 0 Å². The topological polar surface area (TPSA) is 29.1 Å². The van der Waals surface area contributed by atoms with E-state index < -0.39 is 0 Å². The quantitative estimate of drug-likeness (QED) is 0.737. The van der Waals surface area contributed by atoms with E-state index in [4.69, 9.17) is 0 Å². The van der Waals surface area contributed by atoms with Crippen LogP contribution in [0.2, 0.25) is 0 Å². The van der Waals surface area contributed by atoms with Crippen molar-refractivity contribution in [3.63, 3.8) is 0 Å². The molecular formula is C12H25NO. The standard InChI is InChI=1S/C12H25NO/c1-8(2)11(14)10(5)13-12(6,7)9(3)4/h8-10,13H,1-7H3/t10-/m0/s1. The molecule has 0 aromatic rings. The van der Waals surface area contributed by atoms with Gasteiger partial charge in [0.25, 0.3) is 0 Å². The molecule has 0 heterocycles. The van der Waals surface area contributed by atoms with Gasteiger partial charge in [0.2, 0.25) is 0 Å². The molecule has 0 spiro atoms. The number of carbonyl (C=O) groups is 1. The van der Waals surface area contributed by atoms with E-state index >= 15 is 0 Å². The first kappa shape index (κ1) is 13.6. The Labute approximate surface area is 88.5 Å². The summed E-state index contributed by atoms with van der Waals surface area (Å²) in [5.74, 6) is 0.920. The molecule has 1 atom stereocenters. The first-order valence-corrected chi connectivity index (χ1v) is 5.50. The van der Waals surface area contributed by atoms with E-state index in [2.05, 4.69) is 33.0 Å². The van der Waals surface area contributed by atoms with E-state index in [0.717, 1.165) is 0 Å². The number of rotatable bonds is 5. The summed E-state index contributed by atoms with van der Waals surface area (Å²) >= 11 is 0. The van der Waals surface area contributed by atoms with Gasteiger partial charge in [-0.25, -0.2) is 0 Å². The first-order valence-electron chi connectivity index (χ1n) is 5.50. The van der Waals surface area contributed by atoms with Gasteiger partial charge in [0.1, 0.15) is 0 Å². The van der Waals surface area contributed by atoms with Crippen LogP contribution in [0.5, 0.6) is 0 Å². The molecule has 0 aromatic carbocycles. The molecule has 0 radical (unpaired) electrons. The van der Waals surface area contributed by atoms with E-state index in [1.165, 1.54) is 0 Å². The highest BCUT2D eigenvalue weighted by Gasteiger charge is 2.27. The maximum atomic E-state index is 11.7. The van der Waals surface area contributed by atoms with E-state index in [-0.39, 0.29) is 17.5 Å². The Bertz CT molecular complexity index is 194. The van der Waals surface area contributed by atoms with Gasteiger partial charge in [-0.2, -0.15) is 0 Å². The van der Waals surface area contributed by atoms with Gasteiger partial charge in [0.05, 0.1) is 6.04 Å². The first-order chi connectivity index (χ1) is 6.18. The van der Waals surface area contributed by atoms with E-state index in [9.17, 15) is 4.79 Å². The molecule has 1 N–H and O–H groups in total. The fourth-order valence-corrected chi connectivity index (χ4v) is 1.30. The molecule has 0 aliphatic rings. The number of carbonyl (C=O) groups excluding carboxylic acids is 1. The Kier molecular flexibility index (Phi) is 4.79. The number of Topliss-reactive ketones (excluding diaryl/α,β-unsaturated/α-hetero) is 1. The Morgan fingerprint density at radius 3 is 1.79 bits per heavy atom. The molecule has 0 aliphatic carbocycles. The van der Waals surface area contributed by atoms with Crippen molar-refractivity contribution in [1.29, 1.82) is 0 Å². The van der Waals surface area contributed by atoms with E-state index in [1.54, 1.807) is 0 Å². The average Bonchev–Trinajstić information content (AvgIpc) is 2.01. The second-order valence-corrected chi connectivity index (χ2v) is 5.30. The predicted octanol–water partition coefficient (Wildman–Crippen LogP) is 2.62. The minimum absolute atomic E-state index is 0.0178. The van der Waals surface area contributed by atoms with E-state index in [0.29, 0.717) is 11.7 Å². The minimum atomic E-state index is -0.0487. The lowest BCUT2D eigenvalue weighted by Gasteiger charge is -2.34. The van der Waals surface area contributed by atoms with Crippen molar-refractivity contribution in [3.8, 4) is 0 Å². The van der Waals surface area contributed by atoms with Crippen molar-refractivity contribution in [3.05, 3.63) is 0 Å². The zero-order chi connectivity index (χ0) is 11.5. The molecule has 0 saturated heterocycles. The summed E-state index contributed by atoms with van der Waals surface area (Å²) in [5, 5.41) is 3.39. The molecule has 0 bridgehead atoms. The summed E-state index contributed by atoms with van der Waals surface area (Å²) in [6.45, 7) is 14.5. The number of ketones is 1. The molecule has 0 amide bonds. The van der Waals surface area contributed by atoms with E-state index in [1.807, 2.05) is 20.8 Å². The van der Waals surface area contributed by atoms with Crippen molar-refractivity contribution in [2.45, 2.75) is 60.0 Å². The van der Waals surface area contributed by atoms with Crippen molar-refractivity contribution in [1.82, 2.24) is 5.32 Å². The van der Waals surface area contributed by atoms with Crippen molar-refractivity contribution in [2.24, 2.45) is 11.8 Å². The normalized spacial score (nSPS) is 14.9. The lowest BCUT2D eigenvalue weighted by atomic mass is 9.89. The SMILES string of the molecule is CC(C)C(=O)[C@H](C)NC(C)(C)C(C)C. The average molecular weight is 199 g/mol. The summed E-state index contributed by atoms with van der Waals surface area (Å²) in [6, 6.07) is -0.0487. The highest BCUT2D eigenvalue weighted by Crippen LogP contribution is 2.16. The molecule has 0 aromatic heterocycles. The Hall–Kier alpha value is -0.370. The van der Waals surface area contributed by atoms with Gasteiger partial charge in [-0.05, 0) is 26.7 Å². The molecule has 0 unspecified atom stereocenters. The Morgan fingerprint density at radius 1 is 1.07 bits per heavy atom. The molecule has 0 aliphatic heterocycles. The summed E-state index contributed by atoms with van der Waals surface area (Å²) in [5.41, 5.74) is 0.0178. The van der Waals surface area contributed by atoms with Gasteiger partial charge in [-0.15, -0.1) is 0 Å². The Morgan fingerprint density at radius 2 is 1.50 bits per heavy atom. The summed E-state index contributed by atoms with van der Waals surface area (Å²) in [6.07, 6.45) is 0. The third kappa shape index (κ3) is 3.79. The Balaban J connectivity index is 4.32. The summed E-state index contributed by atoms with van der Waals surface area (Å²) < 4.78 is 0. The molecular weight excluding hydrogens is 174 g/mol. The van der Waals surface area contributed by atoms with Crippen LogP contribution in [0.4, 0.5) is 0 Å². The minimum Gasteiger partial charge on any atom is -0.302 e. The monoisotopic (exact) mass is 199 g/mol. The second kappa shape index (κ2) is 4.92.